The van der Waals surface area contributed by atoms with E-state index < -0.39 is 0 Å². The van der Waals surface area contributed by atoms with Crippen molar-refractivity contribution in [3.63, 3.8) is 0 Å². The van der Waals surface area contributed by atoms with E-state index in [-0.39, 0.29) is 29.3 Å². The van der Waals surface area contributed by atoms with Gasteiger partial charge in [0.15, 0.2) is 0 Å². The van der Waals surface area contributed by atoms with Crippen LogP contribution < -0.4 is 10.6 Å². The molecular weight excluding hydrogens is 336 g/mol. The smallest absolute Gasteiger partial charge is 0.217 e. The molecule has 4 aliphatic rings. The van der Waals surface area contributed by atoms with E-state index in [1.54, 1.807) is 13.8 Å². The summed E-state index contributed by atoms with van der Waals surface area (Å²) in [5.41, 5.74) is 0.382. The molecule has 0 heterocycles. The Labute approximate surface area is 163 Å². The average molecular weight is 371 g/mol. The van der Waals surface area contributed by atoms with Crippen molar-refractivity contribution in [1.82, 2.24) is 10.6 Å². The number of carbonyl (C=O) groups excluding carboxylic acids is 2. The third kappa shape index (κ3) is 2.87. The summed E-state index contributed by atoms with van der Waals surface area (Å²) in [5, 5.41) is 6.50. The van der Waals surface area contributed by atoms with Gasteiger partial charge < -0.3 is 10.6 Å². The van der Waals surface area contributed by atoms with Crippen LogP contribution in [0, 0.1) is 34.5 Å². The molecule has 4 nitrogen and oxygen atoms in total. The Morgan fingerprint density at radius 3 is 2.41 bits per heavy atom. The van der Waals surface area contributed by atoms with Gasteiger partial charge in [0.25, 0.3) is 0 Å². The summed E-state index contributed by atoms with van der Waals surface area (Å²) in [6.45, 7) is 8.09. The Morgan fingerprint density at radius 1 is 0.963 bits per heavy atom. The highest BCUT2D eigenvalue weighted by molar-refractivity contribution is 5.74. The molecule has 0 aromatic carbocycles. The zero-order chi connectivity index (χ0) is 19.4. The van der Waals surface area contributed by atoms with Crippen molar-refractivity contribution < 1.29 is 9.59 Å². The molecule has 2 saturated carbocycles. The molecule has 0 aliphatic heterocycles. The second-order valence-corrected chi connectivity index (χ2v) is 9.94. The highest BCUT2D eigenvalue weighted by atomic mass is 16.2. The summed E-state index contributed by atoms with van der Waals surface area (Å²) < 4.78 is 0. The maximum atomic E-state index is 12.0. The van der Waals surface area contributed by atoms with Gasteiger partial charge in [0.1, 0.15) is 0 Å². The first-order valence-corrected chi connectivity index (χ1v) is 10.6. The first kappa shape index (κ1) is 18.8. The Morgan fingerprint density at radius 2 is 1.70 bits per heavy atom. The fourth-order valence-electron chi connectivity index (χ4n) is 7.12. The summed E-state index contributed by atoms with van der Waals surface area (Å²) >= 11 is 0. The number of allylic oxidation sites excluding steroid dienone is 3. The second kappa shape index (κ2) is 6.49. The monoisotopic (exact) mass is 370 g/mol. The normalized spacial score (nSPS) is 47.6. The van der Waals surface area contributed by atoms with Gasteiger partial charge in [-0.05, 0) is 66.6 Å². The topological polar surface area (TPSA) is 58.2 Å². The van der Waals surface area contributed by atoms with Gasteiger partial charge in [-0.15, -0.1) is 0 Å². The van der Waals surface area contributed by atoms with Gasteiger partial charge in [-0.1, -0.05) is 38.2 Å². The maximum absolute atomic E-state index is 12.0. The molecule has 27 heavy (non-hydrogen) atoms. The van der Waals surface area contributed by atoms with Crippen molar-refractivity contribution >= 4 is 11.8 Å². The standard InChI is InChI=1S/C23H34N2O2/c1-14(26)24-19-13-16-7-5-6-11-22(16,3)18-10-12-23(4)17(21(18)19)8-9-20(23)25-15(2)27/h5,7-9,16-21H,6,10-13H2,1-4H3,(H,24,26)(H,25,27)/t16?,17-,18+,19?,20?,21-,22-,23-/m0/s1. The van der Waals surface area contributed by atoms with Crippen LogP contribution in [0.15, 0.2) is 24.3 Å². The molecule has 0 aromatic rings. The molecule has 2 amide bonds. The zero-order valence-electron chi connectivity index (χ0n) is 17.1. The minimum Gasteiger partial charge on any atom is -0.353 e. The van der Waals surface area contributed by atoms with Gasteiger partial charge in [-0.3, -0.25) is 9.59 Å². The van der Waals surface area contributed by atoms with Crippen molar-refractivity contribution in [2.24, 2.45) is 34.5 Å². The van der Waals surface area contributed by atoms with Crippen molar-refractivity contribution in [3.05, 3.63) is 24.3 Å². The van der Waals surface area contributed by atoms with Gasteiger partial charge in [-0.2, -0.15) is 0 Å². The SMILES string of the molecule is CC(=O)NC1CC2C=CCC[C@]2(C)[C@@H]2CC[C@]3(C)C(NC(C)=O)C=C[C@H]3[C@H]12. The zero-order valence-corrected chi connectivity index (χ0v) is 17.1. The lowest BCUT2D eigenvalue weighted by atomic mass is 9.44. The van der Waals surface area contributed by atoms with Gasteiger partial charge in [0.2, 0.25) is 11.8 Å². The highest BCUT2D eigenvalue weighted by Crippen LogP contribution is 2.64. The fraction of sp³-hybridized carbons (Fsp3) is 0.739. The van der Waals surface area contributed by atoms with Crippen molar-refractivity contribution in [1.29, 1.82) is 0 Å². The van der Waals surface area contributed by atoms with E-state index in [4.69, 9.17) is 0 Å². The van der Waals surface area contributed by atoms with Crippen LogP contribution in [0.25, 0.3) is 0 Å². The molecule has 0 saturated heterocycles. The fourth-order valence-corrected chi connectivity index (χ4v) is 7.12. The minimum atomic E-state index is 0.0418. The number of hydrogen-bond acceptors (Lipinski definition) is 2. The molecule has 2 fully saturated rings. The number of fused-ring (bicyclic) bond motifs is 5. The predicted molar refractivity (Wildman–Crippen MR) is 107 cm³/mol. The Kier molecular flexibility index (Phi) is 4.51. The average Bonchev–Trinajstić information content (AvgIpc) is 2.91. The quantitative estimate of drug-likeness (QED) is 0.730. The van der Waals surface area contributed by atoms with Crippen LogP contribution in [-0.4, -0.2) is 23.9 Å². The molecule has 0 aromatic heterocycles. The van der Waals surface area contributed by atoms with E-state index in [1.165, 1.54) is 19.3 Å². The predicted octanol–water partition coefficient (Wildman–Crippen LogP) is 3.59. The van der Waals surface area contributed by atoms with Crippen molar-refractivity contribution in [3.8, 4) is 0 Å². The molecule has 0 radical (unpaired) electrons. The summed E-state index contributed by atoms with van der Waals surface area (Å²) in [6, 6.07) is 0.328. The second-order valence-electron chi connectivity index (χ2n) is 9.94. The summed E-state index contributed by atoms with van der Waals surface area (Å²) in [7, 11) is 0. The highest BCUT2D eigenvalue weighted by Gasteiger charge is 2.60. The molecule has 8 atom stereocenters. The largest absolute Gasteiger partial charge is 0.353 e. The van der Waals surface area contributed by atoms with E-state index in [9.17, 15) is 9.59 Å². The van der Waals surface area contributed by atoms with Crippen molar-refractivity contribution in [2.45, 2.75) is 71.9 Å². The number of hydrogen-bond donors (Lipinski definition) is 2. The minimum absolute atomic E-state index is 0.0418. The van der Waals surface area contributed by atoms with Gasteiger partial charge in [0, 0.05) is 19.9 Å². The van der Waals surface area contributed by atoms with Crippen LogP contribution in [-0.2, 0) is 9.59 Å². The van der Waals surface area contributed by atoms with Crippen LogP contribution in [0.2, 0.25) is 0 Å². The molecule has 4 heteroatoms. The number of nitrogens with one attached hydrogen (secondary N) is 2. The molecule has 4 rings (SSSR count). The third-order valence-electron chi connectivity index (χ3n) is 8.49. The van der Waals surface area contributed by atoms with Crippen LogP contribution in [0.1, 0.15) is 59.8 Å². The van der Waals surface area contributed by atoms with E-state index in [2.05, 4.69) is 48.8 Å². The van der Waals surface area contributed by atoms with E-state index in [1.807, 2.05) is 0 Å². The molecule has 3 unspecified atom stereocenters. The van der Waals surface area contributed by atoms with Crippen LogP contribution >= 0.6 is 0 Å². The van der Waals surface area contributed by atoms with Crippen molar-refractivity contribution in [2.75, 3.05) is 0 Å². The maximum Gasteiger partial charge on any atom is 0.217 e. The van der Waals surface area contributed by atoms with Crippen LogP contribution in [0.5, 0.6) is 0 Å². The lowest BCUT2D eigenvalue weighted by Crippen LogP contribution is -2.62. The van der Waals surface area contributed by atoms with Gasteiger partial charge in [0.05, 0.1) is 6.04 Å². The summed E-state index contributed by atoms with van der Waals surface area (Å²) in [4.78, 5) is 23.7. The Balaban J connectivity index is 1.70. The number of rotatable bonds is 2. The molecule has 4 aliphatic carbocycles. The van der Waals surface area contributed by atoms with Gasteiger partial charge >= 0.3 is 0 Å². The van der Waals surface area contributed by atoms with Gasteiger partial charge in [-0.25, -0.2) is 0 Å². The molecular formula is C23H34N2O2. The molecule has 148 valence electrons. The first-order valence-electron chi connectivity index (χ1n) is 10.6. The Hall–Kier alpha value is -1.58. The van der Waals surface area contributed by atoms with Crippen LogP contribution in [0.4, 0.5) is 0 Å². The lowest BCUT2D eigenvalue weighted by Gasteiger charge is -2.61. The molecule has 0 bridgehead atoms. The van der Waals surface area contributed by atoms with E-state index in [0.717, 1.165) is 12.8 Å². The number of carbonyl (C=O) groups is 2. The van der Waals surface area contributed by atoms with E-state index >= 15 is 0 Å². The summed E-state index contributed by atoms with van der Waals surface area (Å²) in [5.74, 6) is 2.17. The van der Waals surface area contributed by atoms with Crippen LogP contribution in [0.3, 0.4) is 0 Å². The summed E-state index contributed by atoms with van der Waals surface area (Å²) in [6.07, 6.45) is 15.1. The lowest BCUT2D eigenvalue weighted by molar-refractivity contribution is -0.127. The first-order chi connectivity index (χ1) is 12.8. The Bertz CT molecular complexity index is 698. The number of amides is 2. The molecule has 2 N–H and O–H groups in total. The molecule has 0 spiro atoms. The third-order valence-corrected chi connectivity index (χ3v) is 8.49. The van der Waals surface area contributed by atoms with E-state index in [0.29, 0.717) is 29.1 Å².